The van der Waals surface area contributed by atoms with Crippen LogP contribution in [0, 0.1) is 0 Å². The Hall–Kier alpha value is -2.71. The first-order valence-electron chi connectivity index (χ1n) is 10.6. The number of pyridine rings is 1. The van der Waals surface area contributed by atoms with Crippen molar-refractivity contribution in [1.82, 2.24) is 29.3 Å². The third kappa shape index (κ3) is 3.50. The van der Waals surface area contributed by atoms with Crippen LogP contribution in [0.15, 0.2) is 30.6 Å². The average Bonchev–Trinajstić information content (AvgIpc) is 3.07. The van der Waals surface area contributed by atoms with Crippen molar-refractivity contribution in [2.75, 3.05) is 57.0 Å². The molecule has 1 N–H and O–H groups in total. The third-order valence-electron chi connectivity index (χ3n) is 6.17. The summed E-state index contributed by atoms with van der Waals surface area (Å²) in [5.41, 5.74) is 3.41. The van der Waals surface area contributed by atoms with Crippen LogP contribution in [0.5, 0.6) is 0 Å². The predicted octanol–water partition coefficient (Wildman–Crippen LogP) is 2.50. The van der Waals surface area contributed by atoms with E-state index >= 15 is 0 Å². The Labute approximate surface area is 177 Å². The molecule has 0 aromatic carbocycles. The van der Waals surface area contributed by atoms with Crippen molar-refractivity contribution in [3.8, 4) is 0 Å². The molecule has 8 nitrogen and oxygen atoms in total. The topological polar surface area (TPSA) is 65.3 Å². The van der Waals surface area contributed by atoms with Crippen LogP contribution in [-0.4, -0.2) is 76.1 Å². The number of anilines is 3. The highest BCUT2D eigenvalue weighted by molar-refractivity contribution is 5.78. The summed E-state index contributed by atoms with van der Waals surface area (Å²) < 4.78 is 2.36. The number of fused-ring (bicyclic) bond motifs is 3. The monoisotopic (exact) mass is 406 g/mol. The molecule has 8 heteroatoms. The molecule has 0 saturated carbocycles. The summed E-state index contributed by atoms with van der Waals surface area (Å²) in [5.74, 6) is 1.34. The van der Waals surface area contributed by atoms with Crippen LogP contribution in [0.25, 0.3) is 11.0 Å². The van der Waals surface area contributed by atoms with E-state index in [9.17, 15) is 0 Å². The Kier molecular flexibility index (Phi) is 4.63. The number of hydrogen-bond donors (Lipinski definition) is 1. The van der Waals surface area contributed by atoms with E-state index < -0.39 is 0 Å². The van der Waals surface area contributed by atoms with Gasteiger partial charge in [0, 0.05) is 56.5 Å². The van der Waals surface area contributed by atoms with Gasteiger partial charge in [0.05, 0.1) is 17.4 Å². The summed E-state index contributed by atoms with van der Waals surface area (Å²) in [5, 5.41) is 4.36. The number of rotatable bonds is 3. The first-order valence-corrected chi connectivity index (χ1v) is 10.6. The number of nitrogens with one attached hydrogen (secondary N) is 1. The fraction of sp³-hybridized carbons (Fsp3) is 0.500. The fourth-order valence-corrected chi connectivity index (χ4v) is 4.79. The standard InChI is InChI=1S/C22H30N8/c1-22(2)15-28(4)14-18-11-16-12-24-21(26-20(16)30(18)22)25-19-6-5-17(13-23-19)29-9-7-27(3)8-10-29/h5-6,11-13H,7-10,14-15H2,1-4H3,(H,23,24,25,26). The third-order valence-corrected chi connectivity index (χ3v) is 6.17. The average molecular weight is 407 g/mol. The molecule has 0 aliphatic carbocycles. The molecule has 2 aliphatic heterocycles. The number of aromatic nitrogens is 4. The van der Waals surface area contributed by atoms with E-state index in [1.165, 1.54) is 5.69 Å². The molecule has 0 unspecified atom stereocenters. The van der Waals surface area contributed by atoms with Crippen LogP contribution in [0.3, 0.4) is 0 Å². The predicted molar refractivity (Wildman–Crippen MR) is 120 cm³/mol. The highest BCUT2D eigenvalue weighted by atomic mass is 15.3. The molecule has 0 radical (unpaired) electrons. The maximum Gasteiger partial charge on any atom is 0.230 e. The smallest absolute Gasteiger partial charge is 0.230 e. The van der Waals surface area contributed by atoms with E-state index in [2.05, 4.69) is 74.6 Å². The lowest BCUT2D eigenvalue weighted by atomic mass is 10.0. The summed E-state index contributed by atoms with van der Waals surface area (Å²) in [6, 6.07) is 6.34. The molecule has 1 fully saturated rings. The van der Waals surface area contributed by atoms with Crippen molar-refractivity contribution in [2.24, 2.45) is 0 Å². The highest BCUT2D eigenvalue weighted by Gasteiger charge is 2.32. The second-order valence-corrected chi connectivity index (χ2v) is 9.25. The van der Waals surface area contributed by atoms with Gasteiger partial charge in [-0.2, -0.15) is 4.98 Å². The van der Waals surface area contributed by atoms with Crippen LogP contribution in [0.2, 0.25) is 0 Å². The van der Waals surface area contributed by atoms with Crippen LogP contribution in [0.4, 0.5) is 17.5 Å². The Morgan fingerprint density at radius 3 is 2.50 bits per heavy atom. The van der Waals surface area contributed by atoms with E-state index in [4.69, 9.17) is 4.98 Å². The van der Waals surface area contributed by atoms with Gasteiger partial charge in [0.15, 0.2) is 0 Å². The molecular weight excluding hydrogens is 376 g/mol. The van der Waals surface area contributed by atoms with Gasteiger partial charge >= 0.3 is 0 Å². The molecular formula is C22H30N8. The number of hydrogen-bond acceptors (Lipinski definition) is 7. The van der Waals surface area contributed by atoms with Gasteiger partial charge in [0.2, 0.25) is 5.95 Å². The highest BCUT2D eigenvalue weighted by Crippen LogP contribution is 2.32. The maximum absolute atomic E-state index is 4.85. The first-order chi connectivity index (χ1) is 14.4. The lowest BCUT2D eigenvalue weighted by Crippen LogP contribution is -2.44. The van der Waals surface area contributed by atoms with Crippen molar-refractivity contribution < 1.29 is 0 Å². The summed E-state index contributed by atoms with van der Waals surface area (Å²) in [6.45, 7) is 10.7. The lowest BCUT2D eigenvalue weighted by molar-refractivity contribution is 0.165. The molecule has 0 atom stereocenters. The zero-order chi connectivity index (χ0) is 20.9. The molecule has 0 spiro atoms. The minimum Gasteiger partial charge on any atom is -0.368 e. The van der Waals surface area contributed by atoms with Gasteiger partial charge < -0.3 is 19.7 Å². The van der Waals surface area contributed by atoms with Crippen molar-refractivity contribution in [2.45, 2.75) is 25.9 Å². The van der Waals surface area contributed by atoms with Gasteiger partial charge in [-0.25, -0.2) is 9.97 Å². The van der Waals surface area contributed by atoms with Gasteiger partial charge in [0.25, 0.3) is 0 Å². The Morgan fingerprint density at radius 1 is 0.967 bits per heavy atom. The molecule has 2 aliphatic rings. The number of likely N-dealkylation sites (N-methyl/N-ethyl adjacent to an activating group) is 2. The fourth-order valence-electron chi connectivity index (χ4n) is 4.79. The minimum absolute atomic E-state index is 0.0158. The zero-order valence-corrected chi connectivity index (χ0v) is 18.3. The van der Waals surface area contributed by atoms with Gasteiger partial charge in [-0.15, -0.1) is 0 Å². The van der Waals surface area contributed by atoms with Crippen molar-refractivity contribution in [1.29, 1.82) is 0 Å². The summed E-state index contributed by atoms with van der Waals surface area (Å²) in [4.78, 5) is 21.1. The van der Waals surface area contributed by atoms with Crippen LogP contribution >= 0.6 is 0 Å². The molecule has 5 heterocycles. The van der Waals surface area contributed by atoms with Gasteiger partial charge in [0.1, 0.15) is 11.5 Å². The van der Waals surface area contributed by atoms with Crippen LogP contribution in [-0.2, 0) is 12.1 Å². The second-order valence-electron chi connectivity index (χ2n) is 9.25. The first kappa shape index (κ1) is 19.3. The molecule has 158 valence electrons. The van der Waals surface area contributed by atoms with E-state index in [0.717, 1.165) is 61.8 Å². The van der Waals surface area contributed by atoms with Gasteiger partial charge in [-0.1, -0.05) is 0 Å². The normalized spacial score (nSPS) is 19.8. The van der Waals surface area contributed by atoms with Gasteiger partial charge in [-0.05, 0) is 46.1 Å². The summed E-state index contributed by atoms with van der Waals surface area (Å²) in [6.07, 6.45) is 3.84. The van der Waals surface area contributed by atoms with Crippen molar-refractivity contribution in [3.05, 3.63) is 36.3 Å². The molecule has 0 bridgehead atoms. The van der Waals surface area contributed by atoms with E-state index in [0.29, 0.717) is 5.95 Å². The van der Waals surface area contributed by atoms with E-state index in [-0.39, 0.29) is 5.54 Å². The van der Waals surface area contributed by atoms with E-state index in [1.807, 2.05) is 18.5 Å². The summed E-state index contributed by atoms with van der Waals surface area (Å²) >= 11 is 0. The quantitative estimate of drug-likeness (QED) is 0.717. The maximum atomic E-state index is 4.85. The molecule has 1 saturated heterocycles. The van der Waals surface area contributed by atoms with Crippen LogP contribution < -0.4 is 10.2 Å². The lowest BCUT2D eigenvalue weighted by Gasteiger charge is -2.39. The summed E-state index contributed by atoms with van der Waals surface area (Å²) in [7, 11) is 4.33. The largest absolute Gasteiger partial charge is 0.368 e. The van der Waals surface area contributed by atoms with E-state index in [1.54, 1.807) is 0 Å². The molecule has 3 aromatic heterocycles. The van der Waals surface area contributed by atoms with Crippen molar-refractivity contribution >= 4 is 28.5 Å². The van der Waals surface area contributed by atoms with Gasteiger partial charge in [-0.3, -0.25) is 4.90 Å². The second kappa shape index (κ2) is 7.21. The van der Waals surface area contributed by atoms with Crippen LogP contribution in [0.1, 0.15) is 19.5 Å². The number of nitrogens with zero attached hydrogens (tertiary/aromatic N) is 7. The molecule has 30 heavy (non-hydrogen) atoms. The Bertz CT molecular complexity index is 1050. The molecule has 0 amide bonds. The number of piperazine rings is 1. The van der Waals surface area contributed by atoms with Crippen molar-refractivity contribution in [3.63, 3.8) is 0 Å². The minimum atomic E-state index is -0.0158. The SMILES string of the molecule is CN1CCN(c2ccc(Nc3ncc4cc5n(c4n3)C(C)(C)CN(C)C5)nc2)CC1. The Balaban J connectivity index is 1.38. The molecule has 5 rings (SSSR count). The Morgan fingerprint density at radius 2 is 1.77 bits per heavy atom. The zero-order valence-electron chi connectivity index (χ0n) is 18.3. The molecule has 3 aromatic rings.